The van der Waals surface area contributed by atoms with Gasteiger partial charge in [0.25, 0.3) is 5.91 Å². The summed E-state index contributed by atoms with van der Waals surface area (Å²) in [6.45, 7) is 1.37. The molecular weight excluding hydrogens is 358 g/mol. The fraction of sp³-hybridized carbons (Fsp3) is 0.0588. The molecule has 0 atom stereocenters. The lowest BCUT2D eigenvalue weighted by molar-refractivity contribution is -0.114. The number of benzene rings is 2. The maximum Gasteiger partial charge on any atom is 0.287 e. The summed E-state index contributed by atoms with van der Waals surface area (Å²) in [5.41, 5.74) is 5.91. The monoisotopic (exact) mass is 372 g/mol. The van der Waals surface area contributed by atoms with Crippen molar-refractivity contribution in [3.05, 3.63) is 59.7 Å². The Morgan fingerprint density at radius 3 is 2.37 bits per heavy atom. The lowest BCUT2D eigenvalue weighted by atomic mass is 10.2. The second-order valence-corrected chi connectivity index (χ2v) is 5.49. The molecule has 10 heteroatoms. The van der Waals surface area contributed by atoms with E-state index in [0.29, 0.717) is 16.1 Å². The van der Waals surface area contributed by atoms with Crippen molar-refractivity contribution in [1.29, 1.82) is 0 Å². The van der Waals surface area contributed by atoms with Crippen LogP contribution in [0, 0.1) is 11.6 Å². The molecule has 0 radical (unpaired) electrons. The second-order valence-electron chi connectivity index (χ2n) is 5.49. The van der Waals surface area contributed by atoms with Gasteiger partial charge < -0.3 is 16.4 Å². The van der Waals surface area contributed by atoms with Crippen LogP contribution in [0.3, 0.4) is 0 Å². The number of carbonyl (C=O) groups is 2. The minimum atomic E-state index is -1.09. The summed E-state index contributed by atoms with van der Waals surface area (Å²) in [6.07, 6.45) is 0. The number of nitrogens with one attached hydrogen (secondary N) is 2. The van der Waals surface area contributed by atoms with Crippen LogP contribution in [0.15, 0.2) is 42.5 Å². The first-order chi connectivity index (χ1) is 12.8. The Bertz CT molecular complexity index is 1010. The molecule has 0 aliphatic heterocycles. The number of hydrogen-bond donors (Lipinski definition) is 3. The molecule has 0 unspecified atom stereocenters. The summed E-state index contributed by atoms with van der Waals surface area (Å²) in [5, 5.41) is 9.27. The van der Waals surface area contributed by atoms with Gasteiger partial charge in [-0.25, -0.2) is 8.78 Å². The van der Waals surface area contributed by atoms with Crippen molar-refractivity contribution >= 4 is 35.1 Å². The van der Waals surface area contributed by atoms with Crippen LogP contribution in [0.5, 0.6) is 0 Å². The summed E-state index contributed by atoms with van der Waals surface area (Å²) in [7, 11) is 0. The van der Waals surface area contributed by atoms with E-state index in [1.54, 1.807) is 24.3 Å². The average molecular weight is 372 g/mol. The van der Waals surface area contributed by atoms with Crippen molar-refractivity contribution in [2.75, 3.05) is 16.4 Å². The SMILES string of the molecule is CC(=O)Nc1cccc(Nc2nc(N)n(C(=O)c3c(F)cccc3F)n2)c1. The highest BCUT2D eigenvalue weighted by molar-refractivity contribution is 5.97. The zero-order chi connectivity index (χ0) is 19.6. The first-order valence-corrected chi connectivity index (χ1v) is 7.71. The maximum absolute atomic E-state index is 13.8. The lowest BCUT2D eigenvalue weighted by Gasteiger charge is -2.06. The molecule has 138 valence electrons. The first kappa shape index (κ1) is 18.0. The summed E-state index contributed by atoms with van der Waals surface area (Å²) in [4.78, 5) is 27.4. The van der Waals surface area contributed by atoms with Crippen molar-refractivity contribution < 1.29 is 18.4 Å². The number of hydrogen-bond acceptors (Lipinski definition) is 6. The molecular formula is C17H14F2N6O2. The molecule has 2 aromatic carbocycles. The predicted molar refractivity (Wildman–Crippen MR) is 94.5 cm³/mol. The Kier molecular flexibility index (Phi) is 4.79. The van der Waals surface area contributed by atoms with E-state index in [4.69, 9.17) is 5.73 Å². The molecule has 0 saturated carbocycles. The Labute approximate surface area is 152 Å². The number of nitrogens with zero attached hydrogens (tertiary/aromatic N) is 3. The van der Waals surface area contributed by atoms with Gasteiger partial charge in [0.2, 0.25) is 17.8 Å². The number of nitrogens with two attached hydrogens (primary N) is 1. The minimum Gasteiger partial charge on any atom is -0.368 e. The zero-order valence-corrected chi connectivity index (χ0v) is 14.0. The van der Waals surface area contributed by atoms with Gasteiger partial charge >= 0.3 is 0 Å². The third kappa shape index (κ3) is 3.89. The molecule has 0 saturated heterocycles. The second kappa shape index (κ2) is 7.20. The highest BCUT2D eigenvalue weighted by Crippen LogP contribution is 2.20. The van der Waals surface area contributed by atoms with Crippen LogP contribution in [0.1, 0.15) is 17.3 Å². The van der Waals surface area contributed by atoms with Crippen LogP contribution < -0.4 is 16.4 Å². The van der Waals surface area contributed by atoms with Crippen molar-refractivity contribution in [3.63, 3.8) is 0 Å². The van der Waals surface area contributed by atoms with Crippen LogP contribution in [0.2, 0.25) is 0 Å². The molecule has 0 spiro atoms. The fourth-order valence-electron chi connectivity index (χ4n) is 2.34. The highest BCUT2D eigenvalue weighted by Gasteiger charge is 2.22. The highest BCUT2D eigenvalue weighted by atomic mass is 19.1. The molecule has 0 fully saturated rings. The van der Waals surface area contributed by atoms with E-state index in [2.05, 4.69) is 20.7 Å². The van der Waals surface area contributed by atoms with E-state index in [-0.39, 0.29) is 17.8 Å². The molecule has 3 rings (SSSR count). The van der Waals surface area contributed by atoms with E-state index in [1.165, 1.54) is 6.92 Å². The van der Waals surface area contributed by atoms with Gasteiger partial charge in [-0.3, -0.25) is 9.59 Å². The summed E-state index contributed by atoms with van der Waals surface area (Å²) in [5.74, 6) is -3.80. The molecule has 0 aliphatic rings. The first-order valence-electron chi connectivity index (χ1n) is 7.71. The predicted octanol–water partition coefficient (Wildman–Crippen LogP) is 2.53. The molecule has 8 nitrogen and oxygen atoms in total. The number of nitrogen functional groups attached to an aromatic ring is 1. The van der Waals surface area contributed by atoms with Gasteiger partial charge in [-0.05, 0) is 30.3 Å². The van der Waals surface area contributed by atoms with Gasteiger partial charge in [0.15, 0.2) is 0 Å². The van der Waals surface area contributed by atoms with Crippen molar-refractivity contribution in [3.8, 4) is 0 Å². The van der Waals surface area contributed by atoms with Crippen molar-refractivity contribution in [2.45, 2.75) is 6.92 Å². The van der Waals surface area contributed by atoms with Gasteiger partial charge in [-0.15, -0.1) is 5.10 Å². The van der Waals surface area contributed by atoms with Crippen LogP contribution in [0.4, 0.5) is 32.1 Å². The Morgan fingerprint density at radius 2 is 1.70 bits per heavy atom. The molecule has 27 heavy (non-hydrogen) atoms. The standard InChI is InChI=1S/C17H14F2N6O2/c1-9(26)21-10-4-2-5-11(8-10)22-17-23-16(20)25(24-17)15(27)14-12(18)6-3-7-13(14)19/h2-8H,1H3,(H,21,26)(H3,20,22,23,24). The quantitative estimate of drug-likeness (QED) is 0.648. The van der Waals surface area contributed by atoms with E-state index in [1.807, 2.05) is 0 Å². The Balaban J connectivity index is 1.87. The third-order valence-corrected chi connectivity index (χ3v) is 3.44. The topological polar surface area (TPSA) is 115 Å². The van der Waals surface area contributed by atoms with Gasteiger partial charge in [-0.2, -0.15) is 9.67 Å². The molecule has 1 amide bonds. The van der Waals surface area contributed by atoms with Gasteiger partial charge in [0, 0.05) is 18.3 Å². The zero-order valence-electron chi connectivity index (χ0n) is 14.0. The molecule has 4 N–H and O–H groups in total. The van der Waals surface area contributed by atoms with E-state index in [9.17, 15) is 18.4 Å². The minimum absolute atomic E-state index is 0.0578. The number of rotatable bonds is 4. The van der Waals surface area contributed by atoms with E-state index >= 15 is 0 Å². The molecule has 0 bridgehead atoms. The molecule has 3 aromatic rings. The molecule has 1 aromatic heterocycles. The largest absolute Gasteiger partial charge is 0.368 e. The number of carbonyl (C=O) groups excluding carboxylic acids is 2. The van der Waals surface area contributed by atoms with Crippen LogP contribution in [0.25, 0.3) is 0 Å². The van der Waals surface area contributed by atoms with Crippen LogP contribution in [-0.4, -0.2) is 26.6 Å². The number of anilines is 4. The fourth-order valence-corrected chi connectivity index (χ4v) is 2.34. The maximum atomic E-state index is 13.8. The van der Waals surface area contributed by atoms with Crippen molar-refractivity contribution in [1.82, 2.24) is 14.8 Å². The number of aromatic nitrogens is 3. The summed E-state index contributed by atoms with van der Waals surface area (Å²) < 4.78 is 28.2. The van der Waals surface area contributed by atoms with E-state index < -0.39 is 23.1 Å². The number of amides is 1. The smallest absolute Gasteiger partial charge is 0.287 e. The van der Waals surface area contributed by atoms with E-state index in [0.717, 1.165) is 18.2 Å². The third-order valence-electron chi connectivity index (χ3n) is 3.44. The van der Waals surface area contributed by atoms with Crippen LogP contribution in [-0.2, 0) is 4.79 Å². The molecule has 0 aliphatic carbocycles. The summed E-state index contributed by atoms with van der Waals surface area (Å²) >= 11 is 0. The van der Waals surface area contributed by atoms with Gasteiger partial charge in [0.05, 0.1) is 0 Å². The Morgan fingerprint density at radius 1 is 1.07 bits per heavy atom. The normalized spacial score (nSPS) is 10.5. The molecule has 1 heterocycles. The lowest BCUT2D eigenvalue weighted by Crippen LogP contribution is -2.19. The van der Waals surface area contributed by atoms with Gasteiger partial charge in [-0.1, -0.05) is 12.1 Å². The van der Waals surface area contributed by atoms with Crippen molar-refractivity contribution in [2.24, 2.45) is 0 Å². The number of halogens is 2. The summed E-state index contributed by atoms with van der Waals surface area (Å²) in [6, 6.07) is 9.68. The van der Waals surface area contributed by atoms with Crippen LogP contribution >= 0.6 is 0 Å². The Hall–Kier alpha value is -3.82. The van der Waals surface area contributed by atoms with Gasteiger partial charge in [0.1, 0.15) is 17.2 Å². The average Bonchev–Trinajstić information content (AvgIpc) is 2.94.